The Morgan fingerprint density at radius 1 is 0.552 bits per heavy atom. The van der Waals surface area contributed by atoms with Crippen LogP contribution < -0.4 is 0 Å². The zero-order valence-corrected chi connectivity index (χ0v) is 16.5. The molecule has 0 spiro atoms. The van der Waals surface area contributed by atoms with Gasteiger partial charge in [0, 0.05) is 0 Å². The lowest BCUT2D eigenvalue weighted by atomic mass is 9.92. The summed E-state index contributed by atoms with van der Waals surface area (Å²) in [5.41, 5.74) is 2.75. The summed E-state index contributed by atoms with van der Waals surface area (Å²) in [5.74, 6) is 0. The van der Waals surface area contributed by atoms with Crippen LogP contribution in [0.15, 0.2) is 91.0 Å². The Labute approximate surface area is 168 Å². The molecule has 0 heterocycles. The third kappa shape index (κ3) is 3.34. The van der Waals surface area contributed by atoms with Gasteiger partial charge in [0.25, 0.3) is 0 Å². The first kappa shape index (κ1) is 18.1. The fourth-order valence-corrected chi connectivity index (χ4v) is 4.81. The molecule has 0 aromatic heterocycles. The van der Waals surface area contributed by atoms with Crippen LogP contribution in [-0.4, -0.2) is 9.79 Å². The first-order valence-electron chi connectivity index (χ1n) is 9.47. The Kier molecular flexibility index (Phi) is 4.25. The molecule has 0 unspecified atom stereocenters. The molecule has 2 N–H and O–H groups in total. The van der Waals surface area contributed by atoms with Crippen molar-refractivity contribution in [3.05, 3.63) is 96.6 Å². The molecule has 0 bridgehead atoms. The first-order chi connectivity index (χ1) is 14.0. The minimum atomic E-state index is -4.06. The highest BCUT2D eigenvalue weighted by Gasteiger charge is 2.14. The second-order valence-corrected chi connectivity index (χ2v) is 9.02. The van der Waals surface area contributed by atoms with E-state index in [1.165, 1.54) is 32.3 Å². The summed E-state index contributed by atoms with van der Waals surface area (Å²) in [6, 6.07) is 30.9. The number of benzene rings is 5. The van der Waals surface area contributed by atoms with Crippen molar-refractivity contribution < 1.29 is 14.4 Å². The summed E-state index contributed by atoms with van der Waals surface area (Å²) < 4.78 is 11.2. The molecule has 3 nitrogen and oxygen atoms in total. The third-order valence-corrected chi connectivity index (χ3v) is 6.20. The number of hydrogen-bond acceptors (Lipinski definition) is 1. The van der Waals surface area contributed by atoms with Crippen molar-refractivity contribution in [2.75, 3.05) is 0 Å². The van der Waals surface area contributed by atoms with Gasteiger partial charge in [-0.1, -0.05) is 84.9 Å². The van der Waals surface area contributed by atoms with Crippen LogP contribution in [0.4, 0.5) is 0 Å². The Hall–Kier alpha value is -2.97. The maximum atomic E-state index is 11.2. The predicted octanol–water partition coefficient (Wildman–Crippen LogP) is 6.49. The fourth-order valence-electron chi connectivity index (χ4n) is 4.13. The minimum absolute atomic E-state index is 0.234. The van der Waals surface area contributed by atoms with Crippen LogP contribution in [0.5, 0.6) is 0 Å². The lowest BCUT2D eigenvalue weighted by Gasteiger charge is -2.12. The smallest absolute Gasteiger partial charge is 0.324 e. The van der Waals surface area contributed by atoms with Crippen LogP contribution in [0.2, 0.25) is 0 Å². The standard InChI is InChI=1S/C25H19O3P/c26-29(27,28)16-17-9-11-18(12-10-17)19-13-14-24-22-7-2-1-5-20(22)21-6-3-4-8-23(21)25(24)15-19/h1-15H,16H2,(H2,26,27,28). The van der Waals surface area contributed by atoms with Gasteiger partial charge in [-0.2, -0.15) is 0 Å². The van der Waals surface area contributed by atoms with Crippen molar-refractivity contribution in [1.29, 1.82) is 0 Å². The van der Waals surface area contributed by atoms with Crippen LogP contribution in [0, 0.1) is 0 Å². The highest BCUT2D eigenvalue weighted by molar-refractivity contribution is 7.50. The number of fused-ring (bicyclic) bond motifs is 6. The molecular formula is C25H19O3P. The normalized spacial score (nSPS) is 12.1. The second-order valence-electron chi connectivity index (χ2n) is 7.37. The van der Waals surface area contributed by atoms with Gasteiger partial charge in [0.1, 0.15) is 0 Å². The van der Waals surface area contributed by atoms with Gasteiger partial charge >= 0.3 is 7.60 Å². The van der Waals surface area contributed by atoms with E-state index in [0.717, 1.165) is 11.1 Å². The molecule has 29 heavy (non-hydrogen) atoms. The zero-order valence-electron chi connectivity index (χ0n) is 15.6. The van der Waals surface area contributed by atoms with E-state index in [1.54, 1.807) is 12.1 Å². The Morgan fingerprint density at radius 2 is 1.00 bits per heavy atom. The van der Waals surface area contributed by atoms with Crippen LogP contribution in [-0.2, 0) is 10.7 Å². The van der Waals surface area contributed by atoms with E-state index in [-0.39, 0.29) is 6.16 Å². The summed E-state index contributed by atoms with van der Waals surface area (Å²) in [7, 11) is -4.06. The average Bonchev–Trinajstić information content (AvgIpc) is 2.73. The molecular weight excluding hydrogens is 379 g/mol. The molecule has 0 saturated heterocycles. The summed E-state index contributed by atoms with van der Waals surface area (Å²) in [6.07, 6.45) is -0.234. The van der Waals surface area contributed by atoms with E-state index in [2.05, 4.69) is 66.7 Å². The van der Waals surface area contributed by atoms with Gasteiger partial charge in [-0.15, -0.1) is 0 Å². The van der Waals surface area contributed by atoms with Gasteiger partial charge in [0.2, 0.25) is 0 Å². The van der Waals surface area contributed by atoms with E-state index in [4.69, 9.17) is 0 Å². The van der Waals surface area contributed by atoms with Gasteiger partial charge in [-0.3, -0.25) is 4.57 Å². The van der Waals surface area contributed by atoms with Gasteiger partial charge in [0.05, 0.1) is 6.16 Å². The van der Waals surface area contributed by atoms with Crippen molar-refractivity contribution in [3.8, 4) is 11.1 Å². The maximum Gasteiger partial charge on any atom is 0.329 e. The monoisotopic (exact) mass is 398 g/mol. The largest absolute Gasteiger partial charge is 0.329 e. The predicted molar refractivity (Wildman–Crippen MR) is 120 cm³/mol. The van der Waals surface area contributed by atoms with E-state index >= 15 is 0 Å². The van der Waals surface area contributed by atoms with Crippen molar-refractivity contribution >= 4 is 39.9 Å². The van der Waals surface area contributed by atoms with Crippen LogP contribution in [0.3, 0.4) is 0 Å². The highest BCUT2D eigenvalue weighted by atomic mass is 31.2. The van der Waals surface area contributed by atoms with Gasteiger partial charge in [-0.05, 0) is 55.1 Å². The number of rotatable bonds is 3. The molecule has 5 aromatic rings. The summed E-state index contributed by atoms with van der Waals surface area (Å²) in [6.45, 7) is 0. The van der Waals surface area contributed by atoms with E-state index in [0.29, 0.717) is 5.56 Å². The molecule has 0 aliphatic rings. The first-order valence-corrected chi connectivity index (χ1v) is 11.3. The summed E-state index contributed by atoms with van der Waals surface area (Å²) in [4.78, 5) is 18.3. The average molecular weight is 398 g/mol. The quantitative estimate of drug-likeness (QED) is 0.270. The Bertz CT molecular complexity index is 1380. The fraction of sp³-hybridized carbons (Fsp3) is 0.0400. The third-order valence-electron chi connectivity index (χ3n) is 5.42. The molecule has 0 atom stereocenters. The van der Waals surface area contributed by atoms with Crippen LogP contribution in [0.1, 0.15) is 5.56 Å². The Balaban J connectivity index is 1.70. The van der Waals surface area contributed by atoms with Gasteiger partial charge < -0.3 is 9.79 Å². The topological polar surface area (TPSA) is 57.5 Å². The molecule has 5 rings (SSSR count). The lowest BCUT2D eigenvalue weighted by Crippen LogP contribution is -1.88. The molecule has 5 aromatic carbocycles. The van der Waals surface area contributed by atoms with Crippen molar-refractivity contribution in [3.63, 3.8) is 0 Å². The molecule has 0 saturated carbocycles. The maximum absolute atomic E-state index is 11.2. The van der Waals surface area contributed by atoms with E-state index < -0.39 is 7.60 Å². The molecule has 0 aliphatic heterocycles. The van der Waals surface area contributed by atoms with Crippen molar-refractivity contribution in [1.82, 2.24) is 0 Å². The van der Waals surface area contributed by atoms with Gasteiger partial charge in [-0.25, -0.2) is 0 Å². The molecule has 0 fully saturated rings. The molecule has 0 aliphatic carbocycles. The number of hydrogen-bond donors (Lipinski definition) is 2. The minimum Gasteiger partial charge on any atom is -0.324 e. The highest BCUT2D eigenvalue weighted by Crippen LogP contribution is 2.40. The van der Waals surface area contributed by atoms with Crippen LogP contribution >= 0.6 is 7.60 Å². The van der Waals surface area contributed by atoms with E-state index in [9.17, 15) is 14.4 Å². The van der Waals surface area contributed by atoms with Gasteiger partial charge in [0.15, 0.2) is 0 Å². The van der Waals surface area contributed by atoms with Crippen molar-refractivity contribution in [2.24, 2.45) is 0 Å². The molecule has 4 heteroatoms. The Morgan fingerprint density at radius 3 is 1.52 bits per heavy atom. The SMILES string of the molecule is O=P(O)(O)Cc1ccc(-c2ccc3c4ccccc4c4ccccc4c3c2)cc1. The second kappa shape index (κ2) is 6.82. The molecule has 0 radical (unpaired) electrons. The lowest BCUT2D eigenvalue weighted by molar-refractivity contribution is 0.371. The summed E-state index contributed by atoms with van der Waals surface area (Å²) >= 11 is 0. The van der Waals surface area contributed by atoms with Crippen molar-refractivity contribution in [2.45, 2.75) is 6.16 Å². The van der Waals surface area contributed by atoms with E-state index in [1.807, 2.05) is 12.1 Å². The zero-order chi connectivity index (χ0) is 20.0. The molecule has 142 valence electrons. The van der Waals surface area contributed by atoms with Crippen LogP contribution in [0.25, 0.3) is 43.4 Å². The summed E-state index contributed by atoms with van der Waals surface area (Å²) in [5, 5.41) is 7.39. The molecule has 0 amide bonds.